The maximum atomic E-state index is 10.7. The fourth-order valence-corrected chi connectivity index (χ4v) is 3.55. The highest BCUT2D eigenvalue weighted by Gasteiger charge is 2.28. The van der Waals surface area contributed by atoms with E-state index in [4.69, 9.17) is 4.74 Å². The summed E-state index contributed by atoms with van der Waals surface area (Å²) in [6, 6.07) is 11.8. The molecule has 1 fully saturated rings. The lowest BCUT2D eigenvalue weighted by atomic mass is 9.96. The Morgan fingerprint density at radius 3 is 2.60 bits per heavy atom. The number of aromatic nitrogens is 1. The second-order valence-corrected chi connectivity index (χ2v) is 7.25. The number of hydrogen-bond acceptors (Lipinski definition) is 3. The third-order valence-electron chi connectivity index (χ3n) is 5.13. The molecular weight excluding hydrogens is 314 g/mol. The fraction of sp³-hybridized carbons (Fsp3) is 0.524. The van der Waals surface area contributed by atoms with Crippen molar-refractivity contribution in [3.05, 3.63) is 53.9 Å². The summed E-state index contributed by atoms with van der Waals surface area (Å²) in [6.45, 7) is 0.363. The molecule has 0 aliphatic heterocycles. The van der Waals surface area contributed by atoms with Gasteiger partial charge in [0.05, 0.1) is 11.7 Å². The van der Waals surface area contributed by atoms with Gasteiger partial charge in [-0.2, -0.15) is 0 Å². The van der Waals surface area contributed by atoms with Crippen LogP contribution in [0.5, 0.6) is 5.75 Å². The van der Waals surface area contributed by atoms with Crippen LogP contribution in [0.2, 0.25) is 0 Å². The van der Waals surface area contributed by atoms with Crippen molar-refractivity contribution in [1.29, 1.82) is 0 Å². The number of benzene rings is 1. The van der Waals surface area contributed by atoms with Gasteiger partial charge in [0.1, 0.15) is 12.4 Å². The van der Waals surface area contributed by atoms with E-state index in [2.05, 4.69) is 11.1 Å². The molecule has 1 saturated carbocycles. The number of aliphatic hydroxyl groups is 2. The number of H-pyrrole nitrogens is 1. The van der Waals surface area contributed by atoms with Gasteiger partial charge < -0.3 is 19.9 Å². The molecule has 1 unspecified atom stereocenters. The average molecular weight is 343 g/mol. The van der Waals surface area contributed by atoms with E-state index in [0.717, 1.165) is 49.1 Å². The van der Waals surface area contributed by atoms with E-state index in [-0.39, 0.29) is 0 Å². The molecule has 3 N–H and O–H groups in total. The van der Waals surface area contributed by atoms with Crippen LogP contribution in [0.25, 0.3) is 0 Å². The van der Waals surface area contributed by atoms with E-state index < -0.39 is 11.7 Å². The Hall–Kier alpha value is -1.78. The highest BCUT2D eigenvalue weighted by Crippen LogP contribution is 2.28. The third-order valence-corrected chi connectivity index (χ3v) is 5.13. The quantitative estimate of drug-likeness (QED) is 0.662. The van der Waals surface area contributed by atoms with Gasteiger partial charge >= 0.3 is 0 Å². The molecule has 0 saturated heterocycles. The van der Waals surface area contributed by atoms with E-state index in [1.54, 1.807) is 0 Å². The molecule has 1 atom stereocenters. The molecule has 25 heavy (non-hydrogen) atoms. The van der Waals surface area contributed by atoms with Gasteiger partial charge in [-0.05, 0) is 55.5 Å². The van der Waals surface area contributed by atoms with Crippen molar-refractivity contribution in [2.75, 3.05) is 6.61 Å². The van der Waals surface area contributed by atoms with E-state index >= 15 is 0 Å². The molecule has 0 bridgehead atoms. The van der Waals surface area contributed by atoms with Gasteiger partial charge in [0.25, 0.3) is 0 Å². The number of rotatable bonds is 7. The van der Waals surface area contributed by atoms with Crippen LogP contribution in [0, 0.1) is 0 Å². The first-order chi connectivity index (χ1) is 12.1. The van der Waals surface area contributed by atoms with Gasteiger partial charge in [0, 0.05) is 11.9 Å². The summed E-state index contributed by atoms with van der Waals surface area (Å²) in [5.74, 6) is 0.796. The van der Waals surface area contributed by atoms with E-state index in [1.165, 1.54) is 12.8 Å². The van der Waals surface area contributed by atoms with Crippen LogP contribution >= 0.6 is 0 Å². The minimum Gasteiger partial charge on any atom is -0.491 e. The zero-order valence-corrected chi connectivity index (χ0v) is 14.8. The number of aryl methyl sites for hydroxylation is 1. The molecule has 136 valence electrons. The fourth-order valence-electron chi connectivity index (χ4n) is 3.55. The van der Waals surface area contributed by atoms with Crippen molar-refractivity contribution in [2.45, 2.75) is 63.1 Å². The molecule has 4 heteroatoms. The van der Waals surface area contributed by atoms with Crippen molar-refractivity contribution < 1.29 is 14.9 Å². The molecule has 0 radical (unpaired) electrons. The molecule has 1 aliphatic carbocycles. The normalized spacial score (nSPS) is 18.5. The summed E-state index contributed by atoms with van der Waals surface area (Å²) in [4.78, 5) is 3.05. The molecular formula is C21H29NO3. The molecule has 4 nitrogen and oxygen atoms in total. The summed E-state index contributed by atoms with van der Waals surface area (Å²) < 4.78 is 5.91. The standard InChI is InChI=1S/C21H29NO3/c23-20(19-9-6-14-22-19)11-10-17-7-5-8-18(15-17)25-16-21(24)12-3-1-2-4-13-21/h5-9,14-15,20,22-24H,1-4,10-13,16H2. The summed E-state index contributed by atoms with van der Waals surface area (Å²) in [6.07, 6.45) is 9.02. The molecule has 1 heterocycles. The third kappa shape index (κ3) is 5.35. The summed E-state index contributed by atoms with van der Waals surface area (Å²) in [5, 5.41) is 20.9. The van der Waals surface area contributed by atoms with Crippen molar-refractivity contribution in [3.8, 4) is 5.75 Å². The lowest BCUT2D eigenvalue weighted by Gasteiger charge is -2.26. The van der Waals surface area contributed by atoms with Crippen LogP contribution in [-0.2, 0) is 6.42 Å². The zero-order chi connectivity index (χ0) is 17.5. The summed E-state index contributed by atoms with van der Waals surface area (Å²) in [7, 11) is 0. The Morgan fingerprint density at radius 2 is 1.88 bits per heavy atom. The highest BCUT2D eigenvalue weighted by molar-refractivity contribution is 5.29. The summed E-state index contributed by atoms with van der Waals surface area (Å²) in [5.41, 5.74) is 1.30. The van der Waals surface area contributed by atoms with Crippen LogP contribution in [-0.4, -0.2) is 27.4 Å². The first-order valence-electron chi connectivity index (χ1n) is 9.40. The van der Waals surface area contributed by atoms with Crippen molar-refractivity contribution in [2.24, 2.45) is 0 Å². The SMILES string of the molecule is OC(CCc1cccc(OCC2(O)CCCCCC2)c1)c1ccc[nH]1. The zero-order valence-electron chi connectivity index (χ0n) is 14.8. The Bertz CT molecular complexity index is 630. The maximum absolute atomic E-state index is 10.7. The number of hydrogen-bond donors (Lipinski definition) is 3. The average Bonchev–Trinajstić information content (AvgIpc) is 3.08. The molecule has 1 aromatic carbocycles. The molecule has 1 aromatic heterocycles. The lowest BCUT2D eigenvalue weighted by molar-refractivity contribution is -0.0173. The van der Waals surface area contributed by atoms with E-state index in [1.807, 2.05) is 36.5 Å². The second-order valence-electron chi connectivity index (χ2n) is 7.25. The Morgan fingerprint density at radius 1 is 1.08 bits per heavy atom. The van der Waals surface area contributed by atoms with Crippen molar-refractivity contribution >= 4 is 0 Å². The Kier molecular flexibility index (Phi) is 6.16. The van der Waals surface area contributed by atoms with E-state index in [0.29, 0.717) is 13.0 Å². The maximum Gasteiger partial charge on any atom is 0.119 e. The number of aliphatic hydroxyl groups excluding tert-OH is 1. The van der Waals surface area contributed by atoms with Gasteiger partial charge in [0.15, 0.2) is 0 Å². The Labute approximate surface area is 149 Å². The van der Waals surface area contributed by atoms with Crippen LogP contribution in [0.4, 0.5) is 0 Å². The number of nitrogens with one attached hydrogen (secondary N) is 1. The topological polar surface area (TPSA) is 65.5 Å². The minimum atomic E-state index is -0.684. The predicted molar refractivity (Wildman–Crippen MR) is 98.7 cm³/mol. The monoisotopic (exact) mass is 343 g/mol. The second kappa shape index (κ2) is 8.54. The van der Waals surface area contributed by atoms with Crippen LogP contribution in [0.15, 0.2) is 42.6 Å². The van der Waals surface area contributed by atoms with Gasteiger partial charge in [-0.15, -0.1) is 0 Å². The highest BCUT2D eigenvalue weighted by atomic mass is 16.5. The van der Waals surface area contributed by atoms with Crippen molar-refractivity contribution in [1.82, 2.24) is 4.98 Å². The molecule has 3 rings (SSSR count). The minimum absolute atomic E-state index is 0.363. The molecule has 0 spiro atoms. The van der Waals surface area contributed by atoms with Gasteiger partial charge in [0.2, 0.25) is 0 Å². The molecule has 2 aromatic rings. The van der Waals surface area contributed by atoms with Crippen LogP contribution in [0.3, 0.4) is 0 Å². The first kappa shape index (κ1) is 18.0. The largest absolute Gasteiger partial charge is 0.491 e. The van der Waals surface area contributed by atoms with Gasteiger partial charge in [-0.25, -0.2) is 0 Å². The molecule has 0 amide bonds. The van der Waals surface area contributed by atoms with Gasteiger partial charge in [-0.1, -0.05) is 37.8 Å². The van der Waals surface area contributed by atoms with Crippen molar-refractivity contribution in [3.63, 3.8) is 0 Å². The van der Waals surface area contributed by atoms with Crippen LogP contribution in [0.1, 0.15) is 62.3 Å². The van der Waals surface area contributed by atoms with Crippen LogP contribution < -0.4 is 4.74 Å². The first-order valence-corrected chi connectivity index (χ1v) is 9.40. The smallest absolute Gasteiger partial charge is 0.119 e. The number of aromatic amines is 1. The number of ether oxygens (including phenoxy) is 1. The molecule has 1 aliphatic rings. The predicted octanol–water partition coefficient (Wildman–Crippen LogP) is 4.15. The Balaban J connectivity index is 1.52. The summed E-state index contributed by atoms with van der Waals surface area (Å²) >= 11 is 0. The van der Waals surface area contributed by atoms with E-state index in [9.17, 15) is 10.2 Å². The lowest BCUT2D eigenvalue weighted by Crippen LogP contribution is -2.35. The van der Waals surface area contributed by atoms with Gasteiger partial charge in [-0.3, -0.25) is 0 Å².